The second-order valence-electron chi connectivity index (χ2n) is 4.98. The van der Waals surface area contributed by atoms with Crippen molar-refractivity contribution in [3.8, 4) is 0 Å². The van der Waals surface area contributed by atoms with E-state index in [9.17, 15) is 9.90 Å². The number of carbonyl (C=O) groups excluding carboxylic acids is 1. The maximum Gasteiger partial charge on any atom is 0.253 e. The lowest BCUT2D eigenvalue weighted by Crippen LogP contribution is -2.37. The number of carbonyl (C=O) groups is 1. The third kappa shape index (κ3) is 3.79. The fourth-order valence-corrected chi connectivity index (χ4v) is 2.37. The number of hydrogen-bond acceptors (Lipinski definition) is 4. The molecular weight excluding hydrogens is 256 g/mol. The van der Waals surface area contributed by atoms with Gasteiger partial charge in [-0.15, -0.1) is 0 Å². The van der Waals surface area contributed by atoms with Crippen LogP contribution >= 0.6 is 0 Å². The monoisotopic (exact) mass is 278 g/mol. The van der Waals surface area contributed by atoms with E-state index in [0.29, 0.717) is 19.7 Å². The molecule has 110 valence electrons. The smallest absolute Gasteiger partial charge is 0.253 e. The van der Waals surface area contributed by atoms with E-state index < -0.39 is 12.2 Å². The lowest BCUT2D eigenvalue weighted by atomic mass is 10.1. The number of β-amino-alcohol motifs (C(OH)–C–C–N with tert-alkyl or cyclic N) is 1. The number of aliphatic hydroxyl groups excluding tert-OH is 1. The molecule has 3 N–H and O–H groups in total. The Morgan fingerprint density at radius 1 is 1.45 bits per heavy atom. The molecule has 1 aromatic rings. The molecule has 5 heteroatoms. The minimum Gasteiger partial charge on any atom is -0.391 e. The largest absolute Gasteiger partial charge is 0.391 e. The molecule has 0 saturated carbocycles. The van der Waals surface area contributed by atoms with E-state index in [2.05, 4.69) is 10.6 Å². The van der Waals surface area contributed by atoms with Crippen LogP contribution in [0.15, 0.2) is 30.3 Å². The molecule has 0 aromatic heterocycles. The van der Waals surface area contributed by atoms with E-state index in [1.807, 2.05) is 37.3 Å². The van der Waals surface area contributed by atoms with Gasteiger partial charge < -0.3 is 20.5 Å². The first-order chi connectivity index (χ1) is 9.72. The summed E-state index contributed by atoms with van der Waals surface area (Å²) in [5.41, 5.74) is 0.844. The quantitative estimate of drug-likeness (QED) is 0.707. The molecule has 0 spiro atoms. The van der Waals surface area contributed by atoms with Crippen LogP contribution < -0.4 is 10.6 Å². The van der Waals surface area contributed by atoms with Crippen LogP contribution in [-0.2, 0) is 9.53 Å². The molecule has 1 aliphatic rings. The summed E-state index contributed by atoms with van der Waals surface area (Å²) in [6, 6.07) is 9.45. The van der Waals surface area contributed by atoms with Crippen LogP contribution in [-0.4, -0.2) is 43.4 Å². The molecule has 20 heavy (non-hydrogen) atoms. The van der Waals surface area contributed by atoms with Crippen molar-refractivity contribution in [2.24, 2.45) is 5.92 Å². The van der Waals surface area contributed by atoms with Crippen molar-refractivity contribution >= 4 is 5.91 Å². The summed E-state index contributed by atoms with van der Waals surface area (Å²) < 4.78 is 5.54. The Morgan fingerprint density at radius 2 is 2.20 bits per heavy atom. The highest BCUT2D eigenvalue weighted by Crippen LogP contribution is 2.17. The standard InChI is InChI=1S/C15H22N2O3/c1-2-20-14(11-6-4-3-5-7-11)15(19)17-9-12-8-16-10-13(12)18/h3-7,12-14,16,18H,2,8-10H2,1H3,(H,17,19). The van der Waals surface area contributed by atoms with Crippen molar-refractivity contribution in [2.75, 3.05) is 26.2 Å². The zero-order valence-electron chi connectivity index (χ0n) is 11.7. The topological polar surface area (TPSA) is 70.6 Å². The zero-order valence-corrected chi connectivity index (χ0v) is 11.7. The summed E-state index contributed by atoms with van der Waals surface area (Å²) in [5, 5.41) is 15.7. The lowest BCUT2D eigenvalue weighted by molar-refractivity contribution is -0.133. The summed E-state index contributed by atoms with van der Waals surface area (Å²) in [5.74, 6) is -0.0888. The Hall–Kier alpha value is -1.43. The number of amides is 1. The van der Waals surface area contributed by atoms with Gasteiger partial charge in [0.25, 0.3) is 5.91 Å². The second kappa shape index (κ2) is 7.38. The van der Waals surface area contributed by atoms with Crippen LogP contribution in [0.3, 0.4) is 0 Å². The first kappa shape index (κ1) is 15.0. The van der Waals surface area contributed by atoms with Crippen LogP contribution in [0.1, 0.15) is 18.6 Å². The van der Waals surface area contributed by atoms with Gasteiger partial charge in [0.2, 0.25) is 0 Å². The minimum atomic E-state index is -0.590. The summed E-state index contributed by atoms with van der Waals surface area (Å²) in [7, 11) is 0. The maximum absolute atomic E-state index is 12.3. The predicted molar refractivity (Wildman–Crippen MR) is 76.2 cm³/mol. The van der Waals surface area contributed by atoms with Crippen molar-refractivity contribution in [2.45, 2.75) is 19.1 Å². The van der Waals surface area contributed by atoms with Gasteiger partial charge in [0.15, 0.2) is 6.10 Å². The van der Waals surface area contributed by atoms with E-state index in [-0.39, 0.29) is 11.8 Å². The van der Waals surface area contributed by atoms with Crippen LogP contribution in [0.2, 0.25) is 0 Å². The van der Waals surface area contributed by atoms with Crippen LogP contribution in [0.4, 0.5) is 0 Å². The van der Waals surface area contributed by atoms with Gasteiger partial charge in [-0.25, -0.2) is 0 Å². The molecule has 1 saturated heterocycles. The minimum absolute atomic E-state index is 0.0667. The van der Waals surface area contributed by atoms with Crippen molar-refractivity contribution in [3.63, 3.8) is 0 Å². The van der Waals surface area contributed by atoms with E-state index in [0.717, 1.165) is 12.1 Å². The number of rotatable bonds is 6. The maximum atomic E-state index is 12.3. The second-order valence-corrected chi connectivity index (χ2v) is 4.98. The molecule has 2 rings (SSSR count). The molecular formula is C15H22N2O3. The fraction of sp³-hybridized carbons (Fsp3) is 0.533. The number of hydrogen-bond donors (Lipinski definition) is 3. The fourth-order valence-electron chi connectivity index (χ4n) is 2.37. The third-order valence-corrected chi connectivity index (χ3v) is 3.52. The molecule has 1 fully saturated rings. The molecule has 0 radical (unpaired) electrons. The first-order valence-corrected chi connectivity index (χ1v) is 7.05. The highest BCUT2D eigenvalue weighted by atomic mass is 16.5. The van der Waals surface area contributed by atoms with Gasteiger partial charge in [0, 0.05) is 32.2 Å². The average Bonchev–Trinajstić information content (AvgIpc) is 2.88. The summed E-state index contributed by atoms with van der Waals surface area (Å²) in [4.78, 5) is 12.3. The molecule has 1 amide bonds. The summed E-state index contributed by atoms with van der Waals surface area (Å²) >= 11 is 0. The Morgan fingerprint density at radius 3 is 2.80 bits per heavy atom. The van der Waals surface area contributed by atoms with Gasteiger partial charge in [0.1, 0.15) is 0 Å². The lowest BCUT2D eigenvalue weighted by Gasteiger charge is -2.19. The Kier molecular flexibility index (Phi) is 5.52. The van der Waals surface area contributed by atoms with Crippen molar-refractivity contribution < 1.29 is 14.6 Å². The van der Waals surface area contributed by atoms with Gasteiger partial charge >= 0.3 is 0 Å². The first-order valence-electron chi connectivity index (χ1n) is 7.05. The normalized spacial score (nSPS) is 23.5. The highest BCUT2D eigenvalue weighted by molar-refractivity contribution is 5.82. The SMILES string of the molecule is CCOC(C(=O)NCC1CNCC1O)c1ccccc1. The molecule has 5 nitrogen and oxygen atoms in total. The summed E-state index contributed by atoms with van der Waals surface area (Å²) in [6.45, 7) is 4.12. The highest BCUT2D eigenvalue weighted by Gasteiger charge is 2.27. The van der Waals surface area contributed by atoms with E-state index >= 15 is 0 Å². The Bertz CT molecular complexity index is 424. The number of nitrogens with one attached hydrogen (secondary N) is 2. The molecule has 3 unspecified atom stereocenters. The van der Waals surface area contributed by atoms with E-state index in [1.165, 1.54) is 0 Å². The molecule has 3 atom stereocenters. The molecule has 1 aliphatic heterocycles. The van der Waals surface area contributed by atoms with Crippen LogP contribution in [0.25, 0.3) is 0 Å². The van der Waals surface area contributed by atoms with Gasteiger partial charge in [0.05, 0.1) is 6.10 Å². The molecule has 1 aromatic carbocycles. The van der Waals surface area contributed by atoms with E-state index in [4.69, 9.17) is 4.74 Å². The average molecular weight is 278 g/mol. The van der Waals surface area contributed by atoms with Gasteiger partial charge in [-0.1, -0.05) is 30.3 Å². The van der Waals surface area contributed by atoms with Crippen molar-refractivity contribution in [3.05, 3.63) is 35.9 Å². The van der Waals surface area contributed by atoms with Crippen LogP contribution in [0, 0.1) is 5.92 Å². The van der Waals surface area contributed by atoms with Crippen molar-refractivity contribution in [1.29, 1.82) is 0 Å². The summed E-state index contributed by atoms with van der Waals surface area (Å²) in [6.07, 6.45) is -0.981. The van der Waals surface area contributed by atoms with Gasteiger partial charge in [-0.05, 0) is 12.5 Å². The Labute approximate surface area is 119 Å². The third-order valence-electron chi connectivity index (χ3n) is 3.52. The zero-order chi connectivity index (χ0) is 14.4. The molecule has 0 aliphatic carbocycles. The van der Waals surface area contributed by atoms with Gasteiger partial charge in [-0.2, -0.15) is 0 Å². The molecule has 1 heterocycles. The predicted octanol–water partition coefficient (Wildman–Crippen LogP) is 0.461. The number of benzene rings is 1. The molecule has 0 bridgehead atoms. The Balaban J connectivity index is 1.93. The number of ether oxygens (including phenoxy) is 1. The number of aliphatic hydroxyl groups is 1. The van der Waals surface area contributed by atoms with Crippen molar-refractivity contribution in [1.82, 2.24) is 10.6 Å². The van der Waals surface area contributed by atoms with Crippen LogP contribution in [0.5, 0.6) is 0 Å². The van der Waals surface area contributed by atoms with Gasteiger partial charge in [-0.3, -0.25) is 4.79 Å². The van der Waals surface area contributed by atoms with E-state index in [1.54, 1.807) is 0 Å².